The number of aliphatic hydroxyl groups is 1. The molecule has 4 atom stereocenters. The molecule has 12 heteroatoms. The zero-order chi connectivity index (χ0) is 27.2. The van der Waals surface area contributed by atoms with Crippen LogP contribution in [-0.4, -0.2) is 71.4 Å². The summed E-state index contributed by atoms with van der Waals surface area (Å²) in [5.74, 6) is -0.187. The highest BCUT2D eigenvalue weighted by atomic mass is 32.1. The van der Waals surface area contributed by atoms with Gasteiger partial charge in [0, 0.05) is 18.6 Å². The van der Waals surface area contributed by atoms with Crippen molar-refractivity contribution in [2.45, 2.75) is 57.7 Å². The topological polar surface area (TPSA) is 121 Å². The van der Waals surface area contributed by atoms with E-state index in [2.05, 4.69) is 20.4 Å². The Morgan fingerprint density at radius 3 is 2.68 bits per heavy atom. The fourth-order valence-corrected chi connectivity index (χ4v) is 6.13. The number of benzene rings is 1. The molecular formula is C26H31B2N5O4S. The number of aryl methyl sites for hydroxylation is 1. The van der Waals surface area contributed by atoms with Crippen LogP contribution < -0.4 is 10.9 Å². The van der Waals surface area contributed by atoms with Crippen molar-refractivity contribution in [2.75, 3.05) is 6.54 Å². The molecule has 1 saturated heterocycles. The maximum absolute atomic E-state index is 13.8. The van der Waals surface area contributed by atoms with Crippen LogP contribution in [0.25, 0.3) is 10.4 Å². The molecule has 9 nitrogen and oxygen atoms in total. The maximum Gasteiger partial charge on any atom is 0.277 e. The molecule has 2 aromatic heterocycles. The van der Waals surface area contributed by atoms with Gasteiger partial charge in [0.25, 0.3) is 5.91 Å². The van der Waals surface area contributed by atoms with Gasteiger partial charge in [-0.1, -0.05) is 43.3 Å². The summed E-state index contributed by atoms with van der Waals surface area (Å²) in [6.45, 7) is 7.86. The van der Waals surface area contributed by atoms with Gasteiger partial charge >= 0.3 is 0 Å². The summed E-state index contributed by atoms with van der Waals surface area (Å²) in [6.07, 6.45) is -0.419. The van der Waals surface area contributed by atoms with E-state index in [1.54, 1.807) is 23.2 Å². The number of aromatic nitrogens is 2. The van der Waals surface area contributed by atoms with Crippen molar-refractivity contribution in [3.05, 3.63) is 52.9 Å². The molecule has 38 heavy (non-hydrogen) atoms. The first-order valence-corrected chi connectivity index (χ1v) is 13.9. The molecule has 0 aliphatic carbocycles. The molecule has 0 spiro atoms. The zero-order valence-electron chi connectivity index (χ0n) is 22.3. The molecule has 1 unspecified atom stereocenters. The van der Waals surface area contributed by atoms with E-state index in [0.717, 1.165) is 27.3 Å². The van der Waals surface area contributed by atoms with Crippen molar-refractivity contribution in [3.63, 3.8) is 0 Å². The predicted octanol–water partition coefficient (Wildman–Crippen LogP) is 0.862. The third-order valence-corrected chi connectivity index (χ3v) is 8.53. The number of carbonyl (C=O) groups excluding carboxylic acids is 2. The van der Waals surface area contributed by atoms with Gasteiger partial charge in [0.15, 0.2) is 0 Å². The Morgan fingerprint density at radius 1 is 1.34 bits per heavy atom. The molecule has 2 aliphatic rings. The van der Waals surface area contributed by atoms with Gasteiger partial charge in [-0.25, -0.2) is 4.98 Å². The molecule has 0 saturated carbocycles. The van der Waals surface area contributed by atoms with E-state index in [4.69, 9.17) is 4.52 Å². The van der Waals surface area contributed by atoms with Gasteiger partial charge in [0.1, 0.15) is 30.2 Å². The Bertz CT molecular complexity index is 1390. The minimum atomic E-state index is -1.07. The number of aliphatic hydroxyl groups excluding tert-OH is 1. The van der Waals surface area contributed by atoms with Crippen LogP contribution in [0.1, 0.15) is 50.1 Å². The van der Waals surface area contributed by atoms with Crippen molar-refractivity contribution in [1.29, 1.82) is 0 Å². The largest absolute Gasteiger partial charge is 0.391 e. The summed E-state index contributed by atoms with van der Waals surface area (Å²) in [4.78, 5) is 38.5. The Kier molecular flexibility index (Phi) is 7.04. The standard InChI is InChI=1S/C26H31B2N5O4S/c1-13(2)21(19-10-20(28-27)32-37-19)24(35)33-11-17(34)9-18(33)23-30-25(36)26(4,31-23)16-7-5-15(6-8-16)22-14(3)29-12-38-22/h5-8,10,12-13,17-18,21,28,34H,9,11,27H2,1-4H3,(H,30,31,36)/t17-,18+,21?,26+/m1/s1. The number of nitrogens with zero attached hydrogens (tertiary/aromatic N) is 4. The SMILES string of the molecule is BBc1cc(C(C(=O)N2C[C@H](O)C[C@H]2C2=NC(=O)[C@](C)(c3ccc(-c4scnc4C)cc3)N2)C(C)C)on1. The average Bonchev–Trinajstić information content (AvgIpc) is 3.67. The van der Waals surface area contributed by atoms with Gasteiger partial charge in [-0.3, -0.25) is 9.59 Å². The Labute approximate surface area is 227 Å². The van der Waals surface area contributed by atoms with Crippen LogP contribution in [-0.2, 0) is 15.1 Å². The van der Waals surface area contributed by atoms with Crippen LogP contribution >= 0.6 is 11.3 Å². The third-order valence-electron chi connectivity index (χ3n) is 7.55. The Morgan fingerprint density at radius 2 is 2.08 bits per heavy atom. The van der Waals surface area contributed by atoms with Crippen molar-refractivity contribution in [1.82, 2.24) is 20.4 Å². The monoisotopic (exact) mass is 531 g/mol. The lowest BCUT2D eigenvalue weighted by Crippen LogP contribution is -2.51. The van der Waals surface area contributed by atoms with Gasteiger partial charge in [-0.2, -0.15) is 4.99 Å². The highest BCUT2D eigenvalue weighted by Gasteiger charge is 2.48. The van der Waals surface area contributed by atoms with Crippen LogP contribution in [0.3, 0.4) is 0 Å². The number of hydrogen-bond acceptors (Lipinski definition) is 8. The molecule has 3 aromatic rings. The van der Waals surface area contributed by atoms with Crippen LogP contribution in [0.4, 0.5) is 0 Å². The smallest absolute Gasteiger partial charge is 0.277 e. The van der Waals surface area contributed by atoms with Crippen molar-refractivity contribution >= 4 is 49.5 Å². The number of nitrogens with one attached hydrogen (secondary N) is 1. The van der Waals surface area contributed by atoms with Gasteiger partial charge in [0.2, 0.25) is 5.91 Å². The molecule has 0 radical (unpaired) electrons. The normalized spacial score (nSPS) is 24.0. The molecule has 5 rings (SSSR count). The summed E-state index contributed by atoms with van der Waals surface area (Å²) in [6, 6.07) is 9.10. The van der Waals surface area contributed by atoms with Crippen molar-refractivity contribution in [3.8, 4) is 10.4 Å². The molecule has 2 aliphatic heterocycles. The summed E-state index contributed by atoms with van der Waals surface area (Å²) in [5.41, 5.74) is 4.32. The second kappa shape index (κ2) is 10.1. The first-order chi connectivity index (χ1) is 18.1. The van der Waals surface area contributed by atoms with E-state index in [1.807, 2.05) is 64.4 Å². The van der Waals surface area contributed by atoms with Gasteiger partial charge in [-0.05, 0) is 37.0 Å². The lowest BCUT2D eigenvalue weighted by Gasteiger charge is -2.31. The number of β-amino-alcohol motifs (C(OH)–C–C–N with tert-alkyl or cyclic N) is 1. The van der Waals surface area contributed by atoms with Crippen molar-refractivity contribution < 1.29 is 19.2 Å². The summed E-state index contributed by atoms with van der Waals surface area (Å²) in [5, 5.41) is 18.0. The first kappa shape index (κ1) is 26.4. The minimum absolute atomic E-state index is 0.0513. The quantitative estimate of drug-likeness (QED) is 0.434. The summed E-state index contributed by atoms with van der Waals surface area (Å²) in [7, 11) is 2.69. The lowest BCUT2D eigenvalue weighted by atomic mass is 9.53. The molecule has 4 heterocycles. The first-order valence-electron chi connectivity index (χ1n) is 13.0. The highest BCUT2D eigenvalue weighted by molar-refractivity contribution is 7.13. The minimum Gasteiger partial charge on any atom is -0.391 e. The Hall–Kier alpha value is -3.24. The summed E-state index contributed by atoms with van der Waals surface area (Å²) < 4.78 is 5.54. The van der Waals surface area contributed by atoms with E-state index in [9.17, 15) is 14.7 Å². The average molecular weight is 531 g/mol. The van der Waals surface area contributed by atoms with Gasteiger partial charge in [0.05, 0.1) is 36.0 Å². The van der Waals surface area contributed by atoms with E-state index < -0.39 is 23.6 Å². The molecular weight excluding hydrogens is 500 g/mol. The predicted molar refractivity (Wildman–Crippen MR) is 151 cm³/mol. The number of hydrogen-bond donors (Lipinski definition) is 2. The number of carbonyl (C=O) groups is 2. The fourth-order valence-electron chi connectivity index (χ4n) is 5.32. The van der Waals surface area contributed by atoms with Crippen LogP contribution in [0.15, 0.2) is 45.4 Å². The molecule has 196 valence electrons. The molecule has 0 bridgehead atoms. The van der Waals surface area contributed by atoms with Crippen LogP contribution in [0, 0.1) is 12.8 Å². The van der Waals surface area contributed by atoms with Crippen molar-refractivity contribution in [2.24, 2.45) is 10.9 Å². The maximum atomic E-state index is 13.8. The number of thiazole rings is 1. The molecule has 2 amide bonds. The second-order valence-electron chi connectivity index (χ2n) is 10.6. The number of amides is 2. The van der Waals surface area contributed by atoms with Crippen LogP contribution in [0.2, 0.25) is 0 Å². The van der Waals surface area contributed by atoms with E-state index in [1.165, 1.54) is 0 Å². The third kappa shape index (κ3) is 4.60. The number of amidine groups is 1. The molecule has 2 N–H and O–H groups in total. The summed E-state index contributed by atoms with van der Waals surface area (Å²) >= 11 is 1.58. The number of aliphatic imine (C=N–C) groups is 1. The zero-order valence-corrected chi connectivity index (χ0v) is 23.1. The van der Waals surface area contributed by atoms with Gasteiger partial charge in [-0.15, -0.1) is 11.3 Å². The second-order valence-corrected chi connectivity index (χ2v) is 11.4. The van der Waals surface area contributed by atoms with Crippen LogP contribution in [0.5, 0.6) is 0 Å². The fraction of sp³-hybridized carbons (Fsp3) is 0.423. The van der Waals surface area contributed by atoms with E-state index in [-0.39, 0.29) is 24.3 Å². The molecule has 1 fully saturated rings. The van der Waals surface area contributed by atoms with E-state index in [0.29, 0.717) is 25.2 Å². The lowest BCUT2D eigenvalue weighted by molar-refractivity contribution is -0.134. The number of likely N-dealkylation sites (tertiary alicyclic amines) is 1. The number of rotatable bonds is 7. The highest BCUT2D eigenvalue weighted by Crippen LogP contribution is 2.35. The van der Waals surface area contributed by atoms with Gasteiger partial charge < -0.3 is 19.8 Å². The van der Waals surface area contributed by atoms with E-state index >= 15 is 0 Å². The molecule has 1 aromatic carbocycles. The Balaban J connectivity index is 1.39.